The molecule has 0 unspecified atom stereocenters. The first kappa shape index (κ1) is 18.1. The van der Waals surface area contributed by atoms with Crippen LogP contribution in [0.4, 0.5) is 0 Å². The van der Waals surface area contributed by atoms with Gasteiger partial charge < -0.3 is 14.2 Å². The minimum absolute atomic E-state index is 0.211. The summed E-state index contributed by atoms with van der Waals surface area (Å²) < 4.78 is 11.0. The van der Waals surface area contributed by atoms with Crippen molar-refractivity contribution in [1.82, 2.24) is 15.0 Å². The number of thiazole rings is 1. The second-order valence-corrected chi connectivity index (χ2v) is 7.32. The van der Waals surface area contributed by atoms with Crippen molar-refractivity contribution in [2.45, 2.75) is 33.9 Å². The Bertz CT molecular complexity index is 916. The Balaban J connectivity index is 1.61. The van der Waals surface area contributed by atoms with Crippen molar-refractivity contribution in [1.29, 1.82) is 0 Å². The highest BCUT2D eigenvalue weighted by Gasteiger charge is 2.18. The second-order valence-electron chi connectivity index (χ2n) is 6.26. The van der Waals surface area contributed by atoms with E-state index >= 15 is 0 Å². The van der Waals surface area contributed by atoms with Gasteiger partial charge in [0, 0.05) is 18.5 Å². The highest BCUT2D eigenvalue weighted by atomic mass is 32.1. The molecule has 0 aliphatic rings. The van der Waals surface area contributed by atoms with Crippen LogP contribution in [0.25, 0.3) is 0 Å². The van der Waals surface area contributed by atoms with Gasteiger partial charge in [0.05, 0.1) is 17.2 Å². The van der Waals surface area contributed by atoms with Crippen LogP contribution in [-0.4, -0.2) is 28.0 Å². The average molecular weight is 371 g/mol. The summed E-state index contributed by atoms with van der Waals surface area (Å²) in [6, 6.07) is 7.64. The molecule has 6 nitrogen and oxygen atoms in total. The molecule has 0 N–H and O–H groups in total. The third-order valence-electron chi connectivity index (χ3n) is 3.90. The van der Waals surface area contributed by atoms with Crippen LogP contribution in [0.3, 0.4) is 0 Å². The summed E-state index contributed by atoms with van der Waals surface area (Å²) in [5.74, 6) is 1.09. The number of hydrogen-bond acceptors (Lipinski definition) is 6. The van der Waals surface area contributed by atoms with E-state index in [9.17, 15) is 4.79 Å². The van der Waals surface area contributed by atoms with E-state index in [0.29, 0.717) is 12.3 Å². The van der Waals surface area contributed by atoms with Gasteiger partial charge in [-0.05, 0) is 38.0 Å². The average Bonchev–Trinajstić information content (AvgIpc) is 3.24. The largest absolute Gasteiger partial charge is 0.485 e. The molecule has 0 aliphatic carbocycles. The van der Waals surface area contributed by atoms with Crippen molar-refractivity contribution in [3.8, 4) is 5.75 Å². The van der Waals surface area contributed by atoms with Crippen LogP contribution < -0.4 is 4.74 Å². The Morgan fingerprint density at radius 1 is 1.27 bits per heavy atom. The number of amides is 1. The summed E-state index contributed by atoms with van der Waals surface area (Å²) >= 11 is 1.56. The molecule has 2 heterocycles. The molecule has 0 bridgehead atoms. The second kappa shape index (κ2) is 7.70. The van der Waals surface area contributed by atoms with E-state index in [1.807, 2.05) is 44.4 Å². The molecule has 0 saturated carbocycles. The van der Waals surface area contributed by atoms with Gasteiger partial charge in [-0.3, -0.25) is 4.79 Å². The van der Waals surface area contributed by atoms with Crippen molar-refractivity contribution in [2.75, 3.05) is 7.05 Å². The molecule has 7 heteroatoms. The van der Waals surface area contributed by atoms with E-state index < -0.39 is 0 Å². The van der Waals surface area contributed by atoms with Crippen molar-refractivity contribution in [3.05, 3.63) is 62.9 Å². The van der Waals surface area contributed by atoms with Crippen LogP contribution >= 0.6 is 11.3 Å². The van der Waals surface area contributed by atoms with Gasteiger partial charge in [-0.1, -0.05) is 17.3 Å². The Labute approximate surface area is 156 Å². The molecule has 3 rings (SSSR count). The van der Waals surface area contributed by atoms with Crippen LogP contribution in [0.5, 0.6) is 5.75 Å². The van der Waals surface area contributed by atoms with Gasteiger partial charge in [-0.25, -0.2) is 4.98 Å². The molecule has 26 heavy (non-hydrogen) atoms. The summed E-state index contributed by atoms with van der Waals surface area (Å²) in [5, 5.41) is 6.80. The summed E-state index contributed by atoms with van der Waals surface area (Å²) in [6.45, 7) is 6.59. The van der Waals surface area contributed by atoms with Crippen molar-refractivity contribution >= 4 is 17.2 Å². The lowest BCUT2D eigenvalue weighted by Crippen LogP contribution is -2.26. The monoisotopic (exact) mass is 371 g/mol. The van der Waals surface area contributed by atoms with Crippen molar-refractivity contribution in [3.63, 3.8) is 0 Å². The van der Waals surface area contributed by atoms with E-state index in [2.05, 4.69) is 10.1 Å². The first-order chi connectivity index (χ1) is 12.4. The van der Waals surface area contributed by atoms with E-state index in [0.717, 1.165) is 27.6 Å². The van der Waals surface area contributed by atoms with Crippen molar-refractivity contribution in [2.24, 2.45) is 0 Å². The normalized spacial score (nSPS) is 10.8. The maximum atomic E-state index is 12.5. The maximum absolute atomic E-state index is 12.5. The number of carbonyl (C=O) groups is 1. The molecule has 3 aromatic rings. The van der Waals surface area contributed by atoms with E-state index in [1.165, 1.54) is 0 Å². The molecule has 0 aliphatic heterocycles. The molecule has 0 spiro atoms. The molecule has 136 valence electrons. The molecule has 0 atom stereocenters. The third-order valence-corrected chi connectivity index (χ3v) is 4.73. The summed E-state index contributed by atoms with van der Waals surface area (Å²) in [7, 11) is 1.72. The highest BCUT2D eigenvalue weighted by molar-refractivity contribution is 7.09. The maximum Gasteiger partial charge on any atom is 0.276 e. The number of benzene rings is 1. The molecular formula is C19H21N3O3S. The fourth-order valence-electron chi connectivity index (χ4n) is 2.48. The smallest absolute Gasteiger partial charge is 0.276 e. The number of carbonyl (C=O) groups excluding carboxylic acids is 1. The lowest BCUT2D eigenvalue weighted by Gasteiger charge is -2.13. The molecule has 2 aromatic heterocycles. The van der Waals surface area contributed by atoms with Gasteiger partial charge in [0.25, 0.3) is 5.91 Å². The molecule has 0 saturated heterocycles. The number of aryl methyl sites for hydroxylation is 3. The van der Waals surface area contributed by atoms with Gasteiger partial charge in [-0.2, -0.15) is 0 Å². The summed E-state index contributed by atoms with van der Waals surface area (Å²) in [6.07, 6.45) is 0. The Hall–Kier alpha value is -2.67. The molecule has 1 aromatic carbocycles. The van der Waals surface area contributed by atoms with Crippen LogP contribution in [0.1, 0.15) is 38.1 Å². The highest BCUT2D eigenvalue weighted by Crippen LogP contribution is 2.21. The Kier molecular flexibility index (Phi) is 5.37. The molecule has 1 amide bonds. The van der Waals surface area contributed by atoms with Gasteiger partial charge in [-0.15, -0.1) is 11.3 Å². The molecule has 0 radical (unpaired) electrons. The Morgan fingerprint density at radius 3 is 2.81 bits per heavy atom. The zero-order chi connectivity index (χ0) is 18.7. The van der Waals surface area contributed by atoms with Crippen LogP contribution in [0.15, 0.2) is 34.2 Å². The molecule has 0 fully saturated rings. The summed E-state index contributed by atoms with van der Waals surface area (Å²) in [4.78, 5) is 18.4. The van der Waals surface area contributed by atoms with E-state index in [1.54, 1.807) is 29.4 Å². The van der Waals surface area contributed by atoms with Gasteiger partial charge >= 0.3 is 0 Å². The number of rotatable bonds is 6. The fraction of sp³-hybridized carbons (Fsp3) is 0.316. The SMILES string of the molecule is Cc1ccc(C)c(OCc2cc(C(=O)N(C)Cc3csc(C)n3)no2)c1. The fourth-order valence-corrected chi connectivity index (χ4v) is 3.09. The lowest BCUT2D eigenvalue weighted by molar-refractivity contribution is 0.0773. The number of nitrogens with zero attached hydrogens (tertiary/aromatic N) is 3. The standard InChI is InChI=1S/C19H21N3O3S/c1-12-5-6-13(2)18(7-12)24-10-16-8-17(21-25-16)19(23)22(4)9-15-11-26-14(3)20-15/h5-8,11H,9-10H2,1-4H3. The van der Waals surface area contributed by atoms with Crippen LogP contribution in [-0.2, 0) is 13.2 Å². The van der Waals surface area contributed by atoms with E-state index in [-0.39, 0.29) is 18.2 Å². The van der Waals surface area contributed by atoms with Gasteiger partial charge in [0.2, 0.25) is 0 Å². The first-order valence-electron chi connectivity index (χ1n) is 8.24. The lowest BCUT2D eigenvalue weighted by atomic mass is 10.1. The summed E-state index contributed by atoms with van der Waals surface area (Å²) in [5.41, 5.74) is 3.30. The quantitative estimate of drug-likeness (QED) is 0.657. The topological polar surface area (TPSA) is 68.5 Å². The third kappa shape index (κ3) is 4.29. The number of ether oxygens (including phenoxy) is 1. The first-order valence-corrected chi connectivity index (χ1v) is 9.12. The minimum atomic E-state index is -0.211. The molecular weight excluding hydrogens is 350 g/mol. The zero-order valence-corrected chi connectivity index (χ0v) is 16.1. The number of aromatic nitrogens is 2. The van der Waals surface area contributed by atoms with Crippen LogP contribution in [0, 0.1) is 20.8 Å². The number of hydrogen-bond donors (Lipinski definition) is 0. The minimum Gasteiger partial charge on any atom is -0.485 e. The predicted octanol–water partition coefficient (Wildman–Crippen LogP) is 3.91. The van der Waals surface area contributed by atoms with Gasteiger partial charge in [0.1, 0.15) is 12.4 Å². The Morgan fingerprint density at radius 2 is 2.08 bits per heavy atom. The van der Waals surface area contributed by atoms with E-state index in [4.69, 9.17) is 9.26 Å². The van der Waals surface area contributed by atoms with Crippen LogP contribution in [0.2, 0.25) is 0 Å². The van der Waals surface area contributed by atoms with Gasteiger partial charge in [0.15, 0.2) is 11.5 Å². The zero-order valence-electron chi connectivity index (χ0n) is 15.3. The van der Waals surface area contributed by atoms with Crippen molar-refractivity contribution < 1.29 is 14.1 Å². The predicted molar refractivity (Wildman–Crippen MR) is 99.4 cm³/mol.